The number of likely N-dealkylation sites (tertiary alicyclic amines) is 1. The number of hydrogen-bond donors (Lipinski definition) is 1. The van der Waals surface area contributed by atoms with Gasteiger partial charge in [0.1, 0.15) is 23.2 Å². The Hall–Kier alpha value is -3.82. The SMILES string of the molecule is Nc1nc2cc(C3CC3)c(C(=O)N3CCC[C@@H]4Oc5cc(C(F)(F)F)ccc5[C@@H]43)cc2n2cncc12. The number of alkyl halides is 3. The molecule has 2 aromatic heterocycles. The molecule has 0 unspecified atom stereocenters. The van der Waals surface area contributed by atoms with E-state index in [1.54, 1.807) is 17.4 Å². The van der Waals surface area contributed by atoms with Gasteiger partial charge < -0.3 is 15.4 Å². The zero-order valence-electron chi connectivity index (χ0n) is 19.1. The number of ether oxygens (including phenoxy) is 1. The number of carbonyl (C=O) groups excluding carboxylic acids is 1. The van der Waals surface area contributed by atoms with Crippen LogP contribution in [0.15, 0.2) is 42.9 Å². The number of aromatic nitrogens is 3. The molecule has 3 aliphatic rings. The quantitative estimate of drug-likeness (QED) is 0.420. The number of benzene rings is 2. The molecule has 0 bridgehead atoms. The maximum absolute atomic E-state index is 14.1. The van der Waals surface area contributed by atoms with Gasteiger partial charge in [-0.25, -0.2) is 9.97 Å². The van der Waals surface area contributed by atoms with E-state index in [0.717, 1.165) is 36.1 Å². The van der Waals surface area contributed by atoms with Crippen LogP contribution in [-0.2, 0) is 6.18 Å². The van der Waals surface area contributed by atoms with Crippen molar-refractivity contribution in [3.8, 4) is 5.75 Å². The molecular weight excluding hydrogens is 471 g/mol. The van der Waals surface area contributed by atoms with Crippen molar-refractivity contribution < 1.29 is 22.7 Å². The highest BCUT2D eigenvalue weighted by Gasteiger charge is 2.45. The van der Waals surface area contributed by atoms with Gasteiger partial charge in [0.05, 0.1) is 35.2 Å². The normalized spacial score (nSPS) is 21.5. The van der Waals surface area contributed by atoms with Crippen LogP contribution in [-0.4, -0.2) is 37.8 Å². The van der Waals surface area contributed by atoms with E-state index in [-0.39, 0.29) is 23.7 Å². The van der Waals surface area contributed by atoms with Gasteiger partial charge in [-0.1, -0.05) is 6.07 Å². The van der Waals surface area contributed by atoms with E-state index < -0.39 is 17.8 Å². The lowest BCUT2D eigenvalue weighted by atomic mass is 9.92. The Labute approximate surface area is 203 Å². The zero-order valence-corrected chi connectivity index (χ0v) is 19.1. The largest absolute Gasteiger partial charge is 0.488 e. The van der Waals surface area contributed by atoms with E-state index in [9.17, 15) is 18.0 Å². The number of fused-ring (bicyclic) bond motifs is 6. The number of halogens is 3. The van der Waals surface area contributed by atoms with Crippen molar-refractivity contribution in [1.29, 1.82) is 0 Å². The minimum absolute atomic E-state index is 0.144. The van der Waals surface area contributed by atoms with Crippen molar-refractivity contribution in [2.24, 2.45) is 0 Å². The number of anilines is 1. The average molecular weight is 493 g/mol. The molecule has 1 saturated carbocycles. The van der Waals surface area contributed by atoms with E-state index in [2.05, 4.69) is 9.97 Å². The van der Waals surface area contributed by atoms with Crippen molar-refractivity contribution >= 4 is 28.3 Å². The maximum Gasteiger partial charge on any atom is 0.416 e. The number of imidazole rings is 1. The van der Waals surface area contributed by atoms with Crippen LogP contribution < -0.4 is 10.5 Å². The number of carbonyl (C=O) groups is 1. The molecule has 7 rings (SSSR count). The number of nitrogens with zero attached hydrogens (tertiary/aromatic N) is 4. The standard InChI is InChI=1S/C26H22F3N5O2/c27-26(28,29)14-5-6-15-22(8-14)36-21-2-1-7-33(23(15)21)25(35)17-10-19-18(9-16(17)13-3-4-13)32-24(30)20-11-31-12-34(19)20/h5-6,8-13,21,23H,1-4,7H2,(H2,30,32)/t21-,23-/m0/s1. The summed E-state index contributed by atoms with van der Waals surface area (Å²) < 4.78 is 47.6. The summed E-state index contributed by atoms with van der Waals surface area (Å²) in [5.41, 5.74) is 9.63. The molecule has 2 aromatic carbocycles. The number of hydrogen-bond acceptors (Lipinski definition) is 5. The molecule has 7 nitrogen and oxygen atoms in total. The molecule has 2 N–H and O–H groups in total. The fourth-order valence-corrected chi connectivity index (χ4v) is 5.71. The Bertz CT molecular complexity index is 1560. The van der Waals surface area contributed by atoms with Crippen molar-refractivity contribution in [2.45, 2.75) is 49.9 Å². The fraction of sp³-hybridized carbons (Fsp3) is 0.346. The summed E-state index contributed by atoms with van der Waals surface area (Å²) in [6, 6.07) is 6.96. The highest BCUT2D eigenvalue weighted by atomic mass is 19.4. The van der Waals surface area contributed by atoms with Gasteiger partial charge in [-0.05, 0) is 61.4 Å². The second-order valence-corrected chi connectivity index (χ2v) is 9.84. The molecule has 2 aliphatic heterocycles. The maximum atomic E-state index is 14.1. The van der Waals surface area contributed by atoms with Crippen LogP contribution in [0.4, 0.5) is 19.0 Å². The van der Waals surface area contributed by atoms with Crippen molar-refractivity contribution in [3.63, 3.8) is 0 Å². The molecule has 36 heavy (non-hydrogen) atoms. The predicted octanol–water partition coefficient (Wildman–Crippen LogP) is 5.10. The summed E-state index contributed by atoms with van der Waals surface area (Å²) in [5.74, 6) is 0.713. The summed E-state index contributed by atoms with van der Waals surface area (Å²) >= 11 is 0. The van der Waals surface area contributed by atoms with Crippen molar-refractivity contribution in [3.05, 3.63) is 65.1 Å². The van der Waals surface area contributed by atoms with Gasteiger partial charge in [0.15, 0.2) is 0 Å². The van der Waals surface area contributed by atoms with Crippen molar-refractivity contribution in [1.82, 2.24) is 19.3 Å². The Morgan fingerprint density at radius 1 is 1.08 bits per heavy atom. The molecule has 0 spiro atoms. The van der Waals surface area contributed by atoms with Crippen LogP contribution in [0.5, 0.6) is 5.75 Å². The molecule has 4 aromatic rings. The summed E-state index contributed by atoms with van der Waals surface area (Å²) in [6.45, 7) is 0.506. The molecule has 1 saturated heterocycles. The van der Waals surface area contributed by atoms with Gasteiger partial charge in [0.2, 0.25) is 0 Å². The lowest BCUT2D eigenvalue weighted by Crippen LogP contribution is -2.44. The molecule has 0 radical (unpaired) electrons. The van der Waals surface area contributed by atoms with Gasteiger partial charge in [0, 0.05) is 17.7 Å². The topological polar surface area (TPSA) is 85.8 Å². The van der Waals surface area contributed by atoms with E-state index in [0.29, 0.717) is 47.4 Å². The van der Waals surface area contributed by atoms with Crippen LogP contribution in [0.3, 0.4) is 0 Å². The second kappa shape index (κ2) is 7.35. The lowest BCUT2D eigenvalue weighted by Gasteiger charge is -2.37. The molecule has 4 heterocycles. The first-order chi connectivity index (χ1) is 17.3. The number of piperidine rings is 1. The third kappa shape index (κ3) is 3.16. The second-order valence-electron chi connectivity index (χ2n) is 9.84. The third-order valence-corrected chi connectivity index (χ3v) is 7.57. The molecular formula is C26H22F3N5O2. The molecule has 184 valence electrons. The first kappa shape index (κ1) is 21.5. The van der Waals surface area contributed by atoms with Crippen molar-refractivity contribution in [2.75, 3.05) is 12.3 Å². The van der Waals surface area contributed by atoms with Gasteiger partial charge in [0.25, 0.3) is 5.91 Å². The highest BCUT2D eigenvalue weighted by molar-refractivity contribution is 6.00. The van der Waals surface area contributed by atoms with Gasteiger partial charge in [-0.2, -0.15) is 13.2 Å². The lowest BCUT2D eigenvalue weighted by molar-refractivity contribution is -0.137. The Balaban J connectivity index is 1.34. The number of rotatable bonds is 2. The monoisotopic (exact) mass is 493 g/mol. The van der Waals surface area contributed by atoms with Gasteiger partial charge in [-0.15, -0.1) is 0 Å². The number of nitrogen functional groups attached to an aromatic ring is 1. The Morgan fingerprint density at radius 2 is 1.92 bits per heavy atom. The summed E-state index contributed by atoms with van der Waals surface area (Å²) in [7, 11) is 0. The Morgan fingerprint density at radius 3 is 2.69 bits per heavy atom. The number of nitrogens with two attached hydrogens (primary N) is 1. The van der Waals surface area contributed by atoms with Gasteiger partial charge in [-0.3, -0.25) is 9.20 Å². The first-order valence-corrected chi connectivity index (χ1v) is 12.0. The third-order valence-electron chi connectivity index (χ3n) is 7.57. The van der Waals surface area contributed by atoms with Gasteiger partial charge >= 0.3 is 6.18 Å². The van der Waals surface area contributed by atoms with Crippen LogP contribution in [0.1, 0.15) is 64.7 Å². The van der Waals surface area contributed by atoms with Crippen LogP contribution in [0, 0.1) is 0 Å². The van der Waals surface area contributed by atoms with E-state index in [1.807, 2.05) is 16.5 Å². The predicted molar refractivity (Wildman–Crippen MR) is 126 cm³/mol. The minimum Gasteiger partial charge on any atom is -0.488 e. The smallest absolute Gasteiger partial charge is 0.416 e. The molecule has 10 heteroatoms. The fourth-order valence-electron chi connectivity index (χ4n) is 5.71. The summed E-state index contributed by atoms with van der Waals surface area (Å²) in [6.07, 6.45) is 1.83. The molecule has 2 atom stereocenters. The highest BCUT2D eigenvalue weighted by Crippen LogP contribution is 2.48. The molecule has 2 fully saturated rings. The van der Waals surface area contributed by atoms with Crippen LogP contribution >= 0.6 is 0 Å². The number of amides is 1. The Kier molecular flexibility index (Phi) is 4.38. The van der Waals surface area contributed by atoms with Crippen LogP contribution in [0.2, 0.25) is 0 Å². The average Bonchev–Trinajstić information content (AvgIpc) is 3.44. The van der Waals surface area contributed by atoms with E-state index in [1.165, 1.54) is 6.07 Å². The minimum atomic E-state index is -4.46. The molecule has 1 amide bonds. The van der Waals surface area contributed by atoms with E-state index >= 15 is 0 Å². The summed E-state index contributed by atoms with van der Waals surface area (Å²) in [5, 5.41) is 0. The first-order valence-electron chi connectivity index (χ1n) is 12.0. The molecule has 1 aliphatic carbocycles. The zero-order chi connectivity index (χ0) is 24.8. The summed E-state index contributed by atoms with van der Waals surface area (Å²) in [4.78, 5) is 24.7. The van der Waals surface area contributed by atoms with E-state index in [4.69, 9.17) is 10.5 Å². The van der Waals surface area contributed by atoms with Crippen LogP contribution in [0.25, 0.3) is 16.6 Å².